The van der Waals surface area contributed by atoms with Gasteiger partial charge in [0.2, 0.25) is 0 Å². The van der Waals surface area contributed by atoms with Gasteiger partial charge in [0.15, 0.2) is 12.4 Å². The van der Waals surface area contributed by atoms with Gasteiger partial charge in [-0.15, -0.1) is 0 Å². The highest BCUT2D eigenvalue weighted by molar-refractivity contribution is 7.85. The summed E-state index contributed by atoms with van der Waals surface area (Å²) in [6.07, 6.45) is 17.5. The quantitative estimate of drug-likeness (QED) is 0.393. The smallest absolute Gasteiger partial charge is 0.261 e. The predicted octanol–water partition coefficient (Wildman–Crippen LogP) is 4.18. The molecule has 1 heterocycles. The van der Waals surface area contributed by atoms with E-state index in [0.29, 0.717) is 6.26 Å². The molecule has 1 aromatic rings. The van der Waals surface area contributed by atoms with Crippen LogP contribution in [-0.2, 0) is 23.1 Å². The Labute approximate surface area is 142 Å². The molecule has 0 aliphatic heterocycles. The van der Waals surface area contributed by atoms with E-state index in [1.807, 2.05) is 0 Å². The van der Waals surface area contributed by atoms with Crippen molar-refractivity contribution in [2.75, 3.05) is 6.26 Å². The Morgan fingerprint density at radius 2 is 1.52 bits per heavy atom. The lowest BCUT2D eigenvalue weighted by atomic mass is 10.1. The van der Waals surface area contributed by atoms with Crippen molar-refractivity contribution in [3.05, 3.63) is 30.1 Å². The van der Waals surface area contributed by atoms with Crippen molar-refractivity contribution in [2.24, 2.45) is 0 Å². The Morgan fingerprint density at radius 3 is 2.04 bits per heavy atom. The van der Waals surface area contributed by atoms with Crippen molar-refractivity contribution in [3.63, 3.8) is 0 Å². The summed E-state index contributed by atoms with van der Waals surface area (Å²) in [5.41, 5.74) is 1.44. The van der Waals surface area contributed by atoms with E-state index < -0.39 is 10.1 Å². The molecule has 0 saturated carbocycles. The lowest BCUT2D eigenvalue weighted by Gasteiger charge is -2.01. The van der Waals surface area contributed by atoms with Crippen molar-refractivity contribution in [2.45, 2.75) is 78.2 Å². The molecule has 4 nitrogen and oxygen atoms in total. The van der Waals surface area contributed by atoms with Crippen LogP contribution >= 0.6 is 0 Å². The van der Waals surface area contributed by atoms with Crippen LogP contribution in [0.15, 0.2) is 24.5 Å². The fourth-order valence-corrected chi connectivity index (χ4v) is 2.35. The molecule has 0 aliphatic rings. The average molecular weight is 345 g/mol. The molecule has 0 fully saturated rings. The second-order valence-corrected chi connectivity index (χ2v) is 7.48. The van der Waals surface area contributed by atoms with Gasteiger partial charge in [0.25, 0.3) is 10.1 Å². The fourth-order valence-electron chi connectivity index (χ4n) is 2.35. The molecule has 0 unspecified atom stereocenters. The van der Waals surface area contributed by atoms with Crippen LogP contribution in [0.4, 0.5) is 0 Å². The van der Waals surface area contributed by atoms with Crippen LogP contribution in [-0.4, -0.2) is 19.2 Å². The lowest BCUT2D eigenvalue weighted by Crippen LogP contribution is -2.33. The lowest BCUT2D eigenvalue weighted by molar-refractivity contribution is -0.697. The third kappa shape index (κ3) is 17.2. The Morgan fingerprint density at radius 1 is 1.00 bits per heavy atom. The molecular formula is C18H34NO3S+. The highest BCUT2D eigenvalue weighted by Crippen LogP contribution is 2.08. The molecule has 0 aliphatic carbocycles. The molecule has 0 radical (unpaired) electrons. The number of unbranched alkanes of at least 4 members (excludes halogenated alkanes) is 7. The van der Waals surface area contributed by atoms with Crippen LogP contribution in [0.2, 0.25) is 0 Å². The zero-order valence-electron chi connectivity index (χ0n) is 15.0. The molecule has 23 heavy (non-hydrogen) atoms. The first-order valence-corrected chi connectivity index (χ1v) is 10.6. The largest absolute Gasteiger partial charge is 0.286 e. The van der Waals surface area contributed by atoms with Gasteiger partial charge in [0.1, 0.15) is 6.54 Å². The second kappa shape index (κ2) is 13.5. The number of hydrogen-bond donors (Lipinski definition) is 1. The summed E-state index contributed by atoms with van der Waals surface area (Å²) in [4.78, 5) is 0. The number of hydrogen-bond acceptors (Lipinski definition) is 2. The van der Waals surface area contributed by atoms with Crippen molar-refractivity contribution in [1.82, 2.24) is 0 Å². The topological polar surface area (TPSA) is 58.2 Å². The molecule has 0 spiro atoms. The Bertz CT molecular complexity index is 493. The number of aromatic nitrogens is 1. The molecule has 5 heteroatoms. The van der Waals surface area contributed by atoms with Gasteiger partial charge in [-0.3, -0.25) is 4.55 Å². The van der Waals surface area contributed by atoms with E-state index in [9.17, 15) is 8.42 Å². The van der Waals surface area contributed by atoms with Crippen molar-refractivity contribution >= 4 is 10.1 Å². The second-order valence-electron chi connectivity index (χ2n) is 6.01. The fraction of sp³-hybridized carbons (Fsp3) is 0.722. The maximum atomic E-state index is 9.19. The van der Waals surface area contributed by atoms with E-state index in [0.717, 1.165) is 6.42 Å². The summed E-state index contributed by atoms with van der Waals surface area (Å²) < 4.78 is 28.2. The van der Waals surface area contributed by atoms with Gasteiger partial charge < -0.3 is 0 Å². The average Bonchev–Trinajstić information content (AvgIpc) is 2.48. The highest BCUT2D eigenvalue weighted by Gasteiger charge is 2.01. The van der Waals surface area contributed by atoms with Gasteiger partial charge >= 0.3 is 0 Å². The molecule has 134 valence electrons. The van der Waals surface area contributed by atoms with Gasteiger partial charge in [-0.2, -0.15) is 8.42 Å². The van der Waals surface area contributed by atoms with Crippen molar-refractivity contribution in [3.8, 4) is 0 Å². The zero-order chi connectivity index (χ0) is 17.6. The minimum absolute atomic E-state index is 0.715. The normalized spacial score (nSPS) is 11.0. The van der Waals surface area contributed by atoms with Crippen molar-refractivity contribution in [1.29, 1.82) is 0 Å². The first-order chi connectivity index (χ1) is 10.9. The summed E-state index contributed by atoms with van der Waals surface area (Å²) in [6.45, 7) is 5.68. The Kier molecular flexibility index (Phi) is 12.9. The summed E-state index contributed by atoms with van der Waals surface area (Å²) in [5, 5.41) is 0. The maximum Gasteiger partial charge on any atom is 0.261 e. The van der Waals surface area contributed by atoms with Crippen LogP contribution in [0.3, 0.4) is 0 Å². The zero-order valence-corrected chi connectivity index (χ0v) is 15.8. The van der Waals surface area contributed by atoms with Gasteiger partial charge in [-0.05, 0) is 18.9 Å². The Balaban J connectivity index is 0.000000841. The molecule has 0 saturated heterocycles. The monoisotopic (exact) mass is 344 g/mol. The summed E-state index contributed by atoms with van der Waals surface area (Å²) in [5.74, 6) is 0. The van der Waals surface area contributed by atoms with E-state index in [4.69, 9.17) is 4.55 Å². The van der Waals surface area contributed by atoms with Gasteiger partial charge in [0, 0.05) is 18.1 Å². The third-order valence-corrected chi connectivity index (χ3v) is 3.60. The number of nitrogens with zero attached hydrogens (tertiary/aromatic N) is 1. The summed E-state index contributed by atoms with van der Waals surface area (Å²) in [7, 11) is -3.67. The highest BCUT2D eigenvalue weighted by atomic mass is 32.2. The van der Waals surface area contributed by atoms with E-state index in [1.165, 1.54) is 63.5 Å². The van der Waals surface area contributed by atoms with Gasteiger partial charge in [0.05, 0.1) is 6.26 Å². The number of pyridine rings is 1. The van der Waals surface area contributed by atoms with Crippen LogP contribution in [0.5, 0.6) is 0 Å². The molecule has 0 aromatic carbocycles. The predicted molar refractivity (Wildman–Crippen MR) is 96.1 cm³/mol. The standard InChI is InChI=1S/C17H30N.CH4O3S/c1-3-5-6-7-8-9-10-11-14-18-15-12-13-17(4-2)16-18;1-5(2,3)4/h12-13,15-16H,3-11,14H2,1-2H3;1H3,(H,2,3,4)/q+1;. The van der Waals surface area contributed by atoms with Crippen LogP contribution < -0.4 is 4.57 Å². The summed E-state index contributed by atoms with van der Waals surface area (Å²) in [6, 6.07) is 4.38. The first kappa shape index (κ1) is 22.1. The van der Waals surface area contributed by atoms with Crippen LogP contribution in [0, 0.1) is 0 Å². The van der Waals surface area contributed by atoms with Crippen LogP contribution in [0.25, 0.3) is 0 Å². The van der Waals surface area contributed by atoms with E-state index >= 15 is 0 Å². The van der Waals surface area contributed by atoms with Gasteiger partial charge in [-0.1, -0.05) is 52.4 Å². The molecule has 0 amide bonds. The summed E-state index contributed by atoms with van der Waals surface area (Å²) >= 11 is 0. The third-order valence-electron chi connectivity index (χ3n) is 3.60. The van der Waals surface area contributed by atoms with Crippen LogP contribution in [0.1, 0.15) is 70.8 Å². The molecule has 1 aromatic heterocycles. The minimum atomic E-state index is -3.67. The molecule has 0 atom stereocenters. The first-order valence-electron chi connectivity index (χ1n) is 8.77. The molecule has 0 bridgehead atoms. The van der Waals surface area contributed by atoms with Gasteiger partial charge in [-0.25, -0.2) is 4.57 Å². The SMILES string of the molecule is CCCCCCCCCC[n+]1cccc(CC)c1.CS(=O)(=O)O. The number of rotatable bonds is 10. The minimum Gasteiger partial charge on any atom is -0.286 e. The van der Waals surface area contributed by atoms with E-state index in [2.05, 4.69) is 42.9 Å². The van der Waals surface area contributed by atoms with E-state index in [-0.39, 0.29) is 0 Å². The molecule has 1 rings (SSSR count). The maximum absolute atomic E-state index is 9.19. The van der Waals surface area contributed by atoms with Crippen molar-refractivity contribution < 1.29 is 17.5 Å². The molecular weight excluding hydrogens is 310 g/mol. The Hall–Kier alpha value is -0.940. The number of aryl methyl sites for hydroxylation is 2. The molecule has 1 N–H and O–H groups in total. The van der Waals surface area contributed by atoms with E-state index in [1.54, 1.807) is 0 Å².